The maximum Gasteiger partial charge on any atom is 0.338 e. The van der Waals surface area contributed by atoms with Gasteiger partial charge >= 0.3 is 5.97 Å². The van der Waals surface area contributed by atoms with Crippen LogP contribution >= 0.6 is 22.7 Å². The summed E-state index contributed by atoms with van der Waals surface area (Å²) in [5, 5.41) is 1.93. The number of carbonyl (C=O) groups excluding carboxylic acids is 1. The number of thiazole rings is 1. The Morgan fingerprint density at radius 3 is 2.69 bits per heavy atom. The second-order valence-electron chi connectivity index (χ2n) is 6.38. The van der Waals surface area contributed by atoms with E-state index in [2.05, 4.69) is 4.99 Å². The Morgan fingerprint density at radius 1 is 1.21 bits per heavy atom. The highest BCUT2D eigenvalue weighted by atomic mass is 32.1. The van der Waals surface area contributed by atoms with Crippen LogP contribution < -0.4 is 14.9 Å². The number of fused-ring (bicyclic) bond motifs is 1. The third-order valence-electron chi connectivity index (χ3n) is 4.58. The number of benzene rings is 1. The van der Waals surface area contributed by atoms with Crippen LogP contribution in [0.5, 0.6) is 0 Å². The molecule has 0 unspecified atom stereocenters. The molecule has 7 heteroatoms. The van der Waals surface area contributed by atoms with Gasteiger partial charge in [0.25, 0.3) is 5.56 Å². The monoisotopic (exact) mass is 422 g/mol. The van der Waals surface area contributed by atoms with Gasteiger partial charge in [0, 0.05) is 4.88 Å². The quantitative estimate of drug-likeness (QED) is 0.607. The van der Waals surface area contributed by atoms with Crippen molar-refractivity contribution < 1.29 is 9.53 Å². The van der Waals surface area contributed by atoms with Crippen molar-refractivity contribution in [1.29, 1.82) is 0 Å². The van der Waals surface area contributed by atoms with Crippen molar-refractivity contribution in [3.8, 4) is 0 Å². The molecule has 3 aromatic rings. The molecule has 0 N–H and O–H groups in total. The molecule has 0 amide bonds. The molecule has 1 aliphatic heterocycles. The number of hydrogen-bond donors (Lipinski definition) is 0. The molecule has 1 atom stereocenters. The minimum atomic E-state index is -0.529. The Hall–Kier alpha value is -3.03. The highest BCUT2D eigenvalue weighted by molar-refractivity contribution is 7.10. The van der Waals surface area contributed by atoms with Crippen molar-refractivity contribution in [3.05, 3.63) is 95.3 Å². The largest absolute Gasteiger partial charge is 0.466 e. The Bertz CT molecular complexity index is 1280. The zero-order valence-corrected chi connectivity index (χ0v) is 17.5. The summed E-state index contributed by atoms with van der Waals surface area (Å²) < 4.78 is 7.14. The van der Waals surface area contributed by atoms with Gasteiger partial charge in [0.05, 0.1) is 22.9 Å². The van der Waals surface area contributed by atoms with Gasteiger partial charge in [0.2, 0.25) is 0 Å². The van der Waals surface area contributed by atoms with E-state index in [0.717, 1.165) is 10.4 Å². The minimum Gasteiger partial charge on any atom is -0.466 e. The summed E-state index contributed by atoms with van der Waals surface area (Å²) in [6.07, 6.45) is 5.59. The minimum absolute atomic E-state index is 0.168. The molecule has 1 aromatic carbocycles. The molecule has 0 bridgehead atoms. The molecule has 146 valence electrons. The van der Waals surface area contributed by atoms with E-state index in [-0.39, 0.29) is 5.56 Å². The number of ether oxygens (including phenoxy) is 1. The highest BCUT2D eigenvalue weighted by Gasteiger charge is 2.33. The Labute approximate surface area is 175 Å². The van der Waals surface area contributed by atoms with Gasteiger partial charge < -0.3 is 4.74 Å². The van der Waals surface area contributed by atoms with Crippen molar-refractivity contribution in [2.24, 2.45) is 4.99 Å². The van der Waals surface area contributed by atoms with Crippen molar-refractivity contribution in [3.63, 3.8) is 0 Å². The molecule has 2 aromatic heterocycles. The van der Waals surface area contributed by atoms with E-state index in [1.54, 1.807) is 17.6 Å². The van der Waals surface area contributed by atoms with E-state index in [1.165, 1.54) is 29.8 Å². The number of carbonyl (C=O) groups is 1. The molecule has 4 rings (SSSR count). The summed E-state index contributed by atoms with van der Waals surface area (Å²) in [5.41, 5.74) is 1.85. The van der Waals surface area contributed by atoms with E-state index in [9.17, 15) is 9.59 Å². The topological polar surface area (TPSA) is 60.7 Å². The lowest BCUT2D eigenvalue weighted by Gasteiger charge is -2.22. The molecule has 0 saturated heterocycles. The zero-order valence-electron chi connectivity index (χ0n) is 15.9. The molecule has 1 aliphatic rings. The van der Waals surface area contributed by atoms with Crippen LogP contribution in [0.2, 0.25) is 0 Å². The van der Waals surface area contributed by atoms with Crippen LogP contribution in [-0.2, 0) is 9.53 Å². The first-order chi connectivity index (χ1) is 14.1. The van der Waals surface area contributed by atoms with Gasteiger partial charge in [-0.1, -0.05) is 59.9 Å². The first kappa shape index (κ1) is 19.3. The summed E-state index contributed by atoms with van der Waals surface area (Å²) in [4.78, 5) is 31.7. The smallest absolute Gasteiger partial charge is 0.338 e. The molecule has 29 heavy (non-hydrogen) atoms. The van der Waals surface area contributed by atoms with Gasteiger partial charge in [-0.25, -0.2) is 9.79 Å². The van der Waals surface area contributed by atoms with Crippen molar-refractivity contribution in [2.75, 3.05) is 7.11 Å². The third kappa shape index (κ3) is 3.66. The second-order valence-corrected chi connectivity index (χ2v) is 8.37. The van der Waals surface area contributed by atoms with Gasteiger partial charge in [-0.3, -0.25) is 9.36 Å². The van der Waals surface area contributed by atoms with E-state index in [0.29, 0.717) is 20.6 Å². The lowest BCUT2D eigenvalue weighted by atomic mass is 10.0. The predicted molar refractivity (Wildman–Crippen MR) is 116 cm³/mol. The van der Waals surface area contributed by atoms with Gasteiger partial charge in [-0.05, 0) is 30.0 Å². The van der Waals surface area contributed by atoms with Crippen LogP contribution in [0, 0.1) is 0 Å². The average Bonchev–Trinajstić information content (AvgIpc) is 3.36. The number of rotatable bonds is 4. The summed E-state index contributed by atoms with van der Waals surface area (Å²) in [6.45, 7) is 1.78. The van der Waals surface area contributed by atoms with E-state index < -0.39 is 12.0 Å². The molecule has 0 spiro atoms. The van der Waals surface area contributed by atoms with Crippen LogP contribution in [0.15, 0.2) is 75.0 Å². The molecule has 3 heterocycles. The number of esters is 1. The Morgan fingerprint density at radius 2 is 2.00 bits per heavy atom. The third-order valence-corrected chi connectivity index (χ3v) is 6.50. The lowest BCUT2D eigenvalue weighted by Crippen LogP contribution is -2.39. The number of nitrogens with zero attached hydrogens (tertiary/aromatic N) is 2. The molecular formula is C22H18N2O3S2. The number of allylic oxidation sites excluding steroid dienone is 2. The molecular weight excluding hydrogens is 404 g/mol. The fraction of sp³-hybridized carbons (Fsp3) is 0.136. The molecule has 0 radical (unpaired) electrons. The summed E-state index contributed by atoms with van der Waals surface area (Å²) >= 11 is 2.82. The Balaban J connectivity index is 1.85. The van der Waals surface area contributed by atoms with Crippen LogP contribution in [0.25, 0.3) is 12.2 Å². The molecule has 5 nitrogen and oxygen atoms in total. The number of aromatic nitrogens is 1. The number of hydrogen-bond acceptors (Lipinski definition) is 6. The Kier molecular flexibility index (Phi) is 5.42. The van der Waals surface area contributed by atoms with Crippen LogP contribution in [0.3, 0.4) is 0 Å². The van der Waals surface area contributed by atoms with Crippen molar-refractivity contribution in [1.82, 2.24) is 4.57 Å². The molecule has 0 aliphatic carbocycles. The molecule has 0 saturated carbocycles. The van der Waals surface area contributed by atoms with Gasteiger partial charge in [-0.15, -0.1) is 11.3 Å². The second kappa shape index (κ2) is 8.14. The highest BCUT2D eigenvalue weighted by Crippen LogP contribution is 2.32. The maximum atomic E-state index is 13.2. The van der Waals surface area contributed by atoms with E-state index in [4.69, 9.17) is 4.74 Å². The van der Waals surface area contributed by atoms with Crippen LogP contribution in [0.1, 0.15) is 23.4 Å². The first-order valence-electron chi connectivity index (χ1n) is 8.96. The fourth-order valence-electron chi connectivity index (χ4n) is 3.23. The standard InChI is InChI=1S/C22H18N2O3S2/c1-14-18(21(26)27-2)19(16-12-7-13-28-16)24-20(25)17(29-22(24)23-14)11-6-10-15-8-4-3-5-9-15/h3-13,19H,1-2H3/b10-6+,17-11+/t19-/m0/s1. The molecule has 0 fully saturated rings. The number of thiophene rings is 1. The maximum absolute atomic E-state index is 13.2. The van der Waals surface area contributed by atoms with Gasteiger partial charge in [-0.2, -0.15) is 0 Å². The zero-order chi connectivity index (χ0) is 20.4. The summed E-state index contributed by atoms with van der Waals surface area (Å²) in [6, 6.07) is 13.2. The summed E-state index contributed by atoms with van der Waals surface area (Å²) in [7, 11) is 1.34. The number of methoxy groups -OCH3 is 1. The van der Waals surface area contributed by atoms with Gasteiger partial charge in [0.15, 0.2) is 4.80 Å². The van der Waals surface area contributed by atoms with Crippen LogP contribution in [0.4, 0.5) is 0 Å². The van der Waals surface area contributed by atoms with Gasteiger partial charge in [0.1, 0.15) is 6.04 Å². The summed E-state index contributed by atoms with van der Waals surface area (Å²) in [5.74, 6) is -0.470. The van der Waals surface area contributed by atoms with Crippen LogP contribution in [-0.4, -0.2) is 17.6 Å². The SMILES string of the molecule is COC(=O)C1=C(C)N=c2s/c(=C/C=C/c3ccccc3)c(=O)n2[C@H]1c1cccs1. The normalized spacial score (nSPS) is 16.8. The predicted octanol–water partition coefficient (Wildman–Crippen LogP) is 3.13. The van der Waals surface area contributed by atoms with E-state index >= 15 is 0 Å². The van der Waals surface area contributed by atoms with E-state index in [1.807, 2.05) is 60.0 Å². The van der Waals surface area contributed by atoms with Crippen molar-refractivity contribution in [2.45, 2.75) is 13.0 Å². The first-order valence-corrected chi connectivity index (χ1v) is 10.7. The fourth-order valence-corrected chi connectivity index (χ4v) is 5.06. The average molecular weight is 423 g/mol. The lowest BCUT2D eigenvalue weighted by molar-refractivity contribution is -0.136. The van der Waals surface area contributed by atoms with Crippen molar-refractivity contribution >= 4 is 40.8 Å².